The number of carbonyl (C=O) groups excluding carboxylic acids is 1. The summed E-state index contributed by atoms with van der Waals surface area (Å²) in [6, 6.07) is 7.47. The van der Waals surface area contributed by atoms with Gasteiger partial charge in [-0.1, -0.05) is 0 Å². The number of nitrogens with zero attached hydrogens (tertiary/aromatic N) is 2. The highest BCUT2D eigenvalue weighted by Crippen LogP contribution is 2.20. The molecule has 1 aromatic carbocycles. The van der Waals surface area contributed by atoms with Crippen LogP contribution < -0.4 is 10.1 Å². The summed E-state index contributed by atoms with van der Waals surface area (Å²) in [4.78, 5) is 11.9. The number of nitrogens with one attached hydrogen (secondary N) is 1. The zero-order valence-corrected chi connectivity index (χ0v) is 10.0. The van der Waals surface area contributed by atoms with E-state index in [2.05, 4.69) is 10.4 Å². The van der Waals surface area contributed by atoms with Gasteiger partial charge in [-0.25, -0.2) is 4.68 Å². The number of ether oxygens (including phenoxy) is 1. The van der Waals surface area contributed by atoms with Gasteiger partial charge in [0.05, 0.1) is 19.0 Å². The van der Waals surface area contributed by atoms with Gasteiger partial charge >= 0.3 is 0 Å². The van der Waals surface area contributed by atoms with Gasteiger partial charge in [-0.2, -0.15) is 5.10 Å². The van der Waals surface area contributed by atoms with Crippen LogP contribution in [0, 0.1) is 0 Å². The summed E-state index contributed by atoms with van der Waals surface area (Å²) in [5, 5.41) is 7.12. The van der Waals surface area contributed by atoms with Crippen molar-refractivity contribution in [1.29, 1.82) is 0 Å². The van der Waals surface area contributed by atoms with E-state index in [4.69, 9.17) is 4.74 Å². The maximum Gasteiger partial charge on any atom is 0.270 e. The molecule has 5 heteroatoms. The number of methoxy groups -OCH3 is 1. The van der Waals surface area contributed by atoms with Crippen molar-refractivity contribution >= 4 is 5.91 Å². The van der Waals surface area contributed by atoms with Gasteiger partial charge in [-0.15, -0.1) is 0 Å². The molecule has 0 atom stereocenters. The van der Waals surface area contributed by atoms with Crippen LogP contribution in [0.25, 0.3) is 5.69 Å². The van der Waals surface area contributed by atoms with Crippen LogP contribution in [0.15, 0.2) is 30.5 Å². The molecule has 0 radical (unpaired) electrons. The van der Waals surface area contributed by atoms with Gasteiger partial charge in [0.1, 0.15) is 11.4 Å². The van der Waals surface area contributed by atoms with E-state index in [0.717, 1.165) is 23.4 Å². The number of fused-ring (bicyclic) bond motifs is 1. The van der Waals surface area contributed by atoms with Crippen molar-refractivity contribution in [2.24, 2.45) is 0 Å². The fourth-order valence-corrected chi connectivity index (χ4v) is 2.12. The molecule has 0 fully saturated rings. The Morgan fingerprint density at radius 2 is 2.11 bits per heavy atom. The molecule has 1 amide bonds. The zero-order chi connectivity index (χ0) is 12.5. The van der Waals surface area contributed by atoms with Gasteiger partial charge in [-0.3, -0.25) is 4.79 Å². The highest BCUT2D eigenvalue weighted by Gasteiger charge is 2.22. The summed E-state index contributed by atoms with van der Waals surface area (Å²) in [5.74, 6) is 0.716. The lowest BCUT2D eigenvalue weighted by Crippen LogP contribution is -2.33. The normalized spacial score (nSPS) is 13.9. The Hall–Kier alpha value is -2.30. The fourth-order valence-electron chi connectivity index (χ4n) is 2.12. The summed E-state index contributed by atoms with van der Waals surface area (Å²) in [7, 11) is 1.62. The van der Waals surface area contributed by atoms with Crippen LogP contribution in [0.4, 0.5) is 0 Å². The minimum atomic E-state index is -0.0652. The predicted molar refractivity (Wildman–Crippen MR) is 66.2 cm³/mol. The lowest BCUT2D eigenvalue weighted by molar-refractivity contribution is 0.0938. The minimum Gasteiger partial charge on any atom is -0.497 e. The smallest absolute Gasteiger partial charge is 0.270 e. The molecule has 1 aromatic heterocycles. The van der Waals surface area contributed by atoms with Crippen molar-refractivity contribution in [3.05, 3.63) is 41.7 Å². The summed E-state index contributed by atoms with van der Waals surface area (Å²) in [6.07, 6.45) is 2.59. The molecule has 1 aliphatic rings. The molecule has 0 spiro atoms. The molecule has 0 aliphatic carbocycles. The second-order valence-corrected chi connectivity index (χ2v) is 4.13. The van der Waals surface area contributed by atoms with Crippen molar-refractivity contribution in [3.8, 4) is 11.4 Å². The van der Waals surface area contributed by atoms with Crippen molar-refractivity contribution in [3.63, 3.8) is 0 Å². The van der Waals surface area contributed by atoms with E-state index < -0.39 is 0 Å². The first-order chi connectivity index (χ1) is 8.79. The van der Waals surface area contributed by atoms with E-state index >= 15 is 0 Å². The Balaban J connectivity index is 2.06. The third kappa shape index (κ3) is 1.64. The monoisotopic (exact) mass is 243 g/mol. The number of aromatic nitrogens is 2. The number of amides is 1. The first-order valence-corrected chi connectivity index (χ1v) is 5.79. The standard InChI is InChI=1S/C13H13N3O2/c1-18-11-4-2-10(3-5-11)16-12-9(8-15-16)6-7-14-13(12)17/h2-5,8H,6-7H2,1H3,(H,14,17). The minimum absolute atomic E-state index is 0.0652. The highest BCUT2D eigenvalue weighted by atomic mass is 16.5. The van der Waals surface area contributed by atoms with E-state index in [9.17, 15) is 4.79 Å². The number of hydrogen-bond acceptors (Lipinski definition) is 3. The lowest BCUT2D eigenvalue weighted by atomic mass is 10.1. The number of rotatable bonds is 2. The Kier molecular flexibility index (Phi) is 2.51. The molecule has 2 heterocycles. The Morgan fingerprint density at radius 1 is 1.33 bits per heavy atom. The molecular weight excluding hydrogens is 230 g/mol. The van der Waals surface area contributed by atoms with Crippen LogP contribution in [0.1, 0.15) is 16.1 Å². The molecule has 5 nitrogen and oxygen atoms in total. The quantitative estimate of drug-likeness (QED) is 0.861. The summed E-state index contributed by atoms with van der Waals surface area (Å²) in [5.41, 5.74) is 2.48. The van der Waals surface area contributed by atoms with Crippen LogP contribution >= 0.6 is 0 Å². The van der Waals surface area contributed by atoms with Crippen LogP contribution in [0.5, 0.6) is 5.75 Å². The summed E-state index contributed by atoms with van der Waals surface area (Å²) in [6.45, 7) is 0.681. The maximum atomic E-state index is 11.9. The van der Waals surface area contributed by atoms with Gasteiger partial charge in [0.15, 0.2) is 0 Å². The van der Waals surface area contributed by atoms with E-state index in [-0.39, 0.29) is 5.91 Å². The molecule has 3 rings (SSSR count). The van der Waals surface area contributed by atoms with E-state index in [0.29, 0.717) is 12.2 Å². The van der Waals surface area contributed by atoms with Gasteiger partial charge in [0, 0.05) is 12.1 Å². The predicted octanol–water partition coefficient (Wildman–Crippen LogP) is 1.17. The van der Waals surface area contributed by atoms with E-state index in [1.165, 1.54) is 0 Å². The highest BCUT2D eigenvalue weighted by molar-refractivity contribution is 5.95. The lowest BCUT2D eigenvalue weighted by Gasteiger charge is -2.14. The third-order valence-corrected chi connectivity index (χ3v) is 3.06. The Labute approximate surface area is 104 Å². The molecule has 0 saturated heterocycles. The molecule has 18 heavy (non-hydrogen) atoms. The van der Waals surface area contributed by atoms with Gasteiger partial charge in [0.2, 0.25) is 0 Å². The van der Waals surface area contributed by atoms with Crippen molar-refractivity contribution in [2.45, 2.75) is 6.42 Å². The number of hydrogen-bond donors (Lipinski definition) is 1. The summed E-state index contributed by atoms with van der Waals surface area (Å²) < 4.78 is 6.78. The average Bonchev–Trinajstić information content (AvgIpc) is 2.84. The van der Waals surface area contributed by atoms with Crippen LogP contribution in [-0.2, 0) is 6.42 Å². The van der Waals surface area contributed by atoms with Crippen LogP contribution in [0.3, 0.4) is 0 Å². The van der Waals surface area contributed by atoms with Crippen LogP contribution in [-0.4, -0.2) is 29.3 Å². The molecule has 0 unspecified atom stereocenters. The number of carbonyl (C=O) groups is 1. The molecule has 1 N–H and O–H groups in total. The molecular formula is C13H13N3O2. The van der Waals surface area contributed by atoms with Crippen molar-refractivity contribution in [2.75, 3.05) is 13.7 Å². The molecule has 92 valence electrons. The first kappa shape index (κ1) is 10.8. The maximum absolute atomic E-state index is 11.9. The first-order valence-electron chi connectivity index (χ1n) is 5.79. The third-order valence-electron chi connectivity index (χ3n) is 3.06. The van der Waals surface area contributed by atoms with E-state index in [1.54, 1.807) is 18.0 Å². The summed E-state index contributed by atoms with van der Waals surface area (Å²) >= 11 is 0. The molecule has 0 saturated carbocycles. The number of benzene rings is 1. The SMILES string of the molecule is COc1ccc(-n2ncc3c2C(=O)NCC3)cc1. The largest absolute Gasteiger partial charge is 0.497 e. The Morgan fingerprint density at radius 3 is 2.83 bits per heavy atom. The van der Waals surface area contributed by atoms with Crippen LogP contribution in [0.2, 0.25) is 0 Å². The molecule has 1 aliphatic heterocycles. The Bertz CT molecular complexity index is 587. The second-order valence-electron chi connectivity index (χ2n) is 4.13. The van der Waals surface area contributed by atoms with Gasteiger partial charge in [-0.05, 0) is 30.7 Å². The van der Waals surface area contributed by atoms with E-state index in [1.807, 2.05) is 24.3 Å². The average molecular weight is 243 g/mol. The van der Waals surface area contributed by atoms with Crippen molar-refractivity contribution < 1.29 is 9.53 Å². The zero-order valence-electron chi connectivity index (χ0n) is 10.0. The van der Waals surface area contributed by atoms with Gasteiger partial charge < -0.3 is 10.1 Å². The topological polar surface area (TPSA) is 56.2 Å². The molecule has 2 aromatic rings. The van der Waals surface area contributed by atoms with Crippen molar-refractivity contribution in [1.82, 2.24) is 15.1 Å². The van der Waals surface area contributed by atoms with Gasteiger partial charge in [0.25, 0.3) is 5.91 Å². The fraction of sp³-hybridized carbons (Fsp3) is 0.231. The molecule has 0 bridgehead atoms. The second kappa shape index (κ2) is 4.18.